The monoisotopic (exact) mass is 231 g/mol. The van der Waals surface area contributed by atoms with Gasteiger partial charge in [0, 0.05) is 18.8 Å². The number of nitriles is 1. The van der Waals surface area contributed by atoms with Crippen molar-refractivity contribution >= 4 is 11.4 Å². The molecule has 4 nitrogen and oxygen atoms in total. The number of hydrogen-bond acceptors (Lipinski definition) is 4. The van der Waals surface area contributed by atoms with E-state index in [9.17, 15) is 0 Å². The van der Waals surface area contributed by atoms with Crippen LogP contribution in [0.4, 0.5) is 11.4 Å². The zero-order valence-electron chi connectivity index (χ0n) is 9.78. The van der Waals surface area contributed by atoms with Gasteiger partial charge in [-0.3, -0.25) is 0 Å². The van der Waals surface area contributed by atoms with Crippen LogP contribution in [0.1, 0.15) is 18.4 Å². The van der Waals surface area contributed by atoms with Gasteiger partial charge in [-0.1, -0.05) is 0 Å². The van der Waals surface area contributed by atoms with E-state index in [0.717, 1.165) is 31.9 Å². The third-order valence-corrected chi connectivity index (χ3v) is 3.02. The van der Waals surface area contributed by atoms with E-state index in [-0.39, 0.29) is 0 Å². The Labute approximate surface area is 101 Å². The normalized spacial score (nSPS) is 19.6. The third-order valence-electron chi connectivity index (χ3n) is 3.02. The van der Waals surface area contributed by atoms with Crippen LogP contribution in [0.3, 0.4) is 0 Å². The van der Waals surface area contributed by atoms with Crippen LogP contribution in [0, 0.1) is 17.2 Å². The van der Waals surface area contributed by atoms with Crippen LogP contribution in [0.5, 0.6) is 0 Å². The topological polar surface area (TPSA) is 71.1 Å². The molecule has 1 unspecified atom stereocenters. The van der Waals surface area contributed by atoms with Gasteiger partial charge in [0.15, 0.2) is 0 Å². The zero-order valence-corrected chi connectivity index (χ0v) is 9.78. The molecule has 1 heterocycles. The van der Waals surface area contributed by atoms with Gasteiger partial charge in [-0.05, 0) is 37.0 Å². The number of nitrogens with two attached hydrogens (primary N) is 1. The molecular formula is C13H17N3O. The van der Waals surface area contributed by atoms with Crippen molar-refractivity contribution in [1.29, 1.82) is 5.26 Å². The predicted octanol–water partition coefficient (Wildman–Crippen LogP) is 1.98. The number of nitrogens with zero attached hydrogens (tertiary/aromatic N) is 1. The minimum absolute atomic E-state index is 0.525. The molecule has 0 saturated carbocycles. The maximum Gasteiger partial charge on any atom is 0.101 e. The summed E-state index contributed by atoms with van der Waals surface area (Å²) in [5.41, 5.74) is 7.77. The van der Waals surface area contributed by atoms with Gasteiger partial charge in [0.2, 0.25) is 0 Å². The smallest absolute Gasteiger partial charge is 0.101 e. The molecule has 90 valence electrons. The van der Waals surface area contributed by atoms with Gasteiger partial charge < -0.3 is 15.8 Å². The maximum atomic E-state index is 8.78. The summed E-state index contributed by atoms with van der Waals surface area (Å²) >= 11 is 0. The fourth-order valence-corrected chi connectivity index (χ4v) is 2.01. The lowest BCUT2D eigenvalue weighted by Gasteiger charge is -2.22. The maximum absolute atomic E-state index is 8.78. The summed E-state index contributed by atoms with van der Waals surface area (Å²) in [5.74, 6) is 0.570. The number of nitrogens with one attached hydrogen (secondary N) is 1. The number of benzene rings is 1. The highest BCUT2D eigenvalue weighted by Crippen LogP contribution is 2.19. The van der Waals surface area contributed by atoms with E-state index in [1.54, 1.807) is 6.07 Å². The Kier molecular flexibility index (Phi) is 3.84. The number of hydrogen-bond donors (Lipinski definition) is 2. The highest BCUT2D eigenvalue weighted by atomic mass is 16.5. The molecule has 4 heteroatoms. The van der Waals surface area contributed by atoms with Gasteiger partial charge >= 0.3 is 0 Å². The molecular weight excluding hydrogens is 214 g/mol. The summed E-state index contributed by atoms with van der Waals surface area (Å²) in [5, 5.41) is 12.1. The van der Waals surface area contributed by atoms with Gasteiger partial charge in [0.05, 0.1) is 17.9 Å². The lowest BCUT2D eigenvalue weighted by Crippen LogP contribution is -2.24. The molecule has 0 aliphatic carbocycles. The average molecular weight is 231 g/mol. The Morgan fingerprint density at radius 3 is 3.06 bits per heavy atom. The molecule has 1 aliphatic heterocycles. The van der Waals surface area contributed by atoms with Crippen LogP contribution < -0.4 is 11.1 Å². The summed E-state index contributed by atoms with van der Waals surface area (Å²) in [6.07, 6.45) is 2.35. The van der Waals surface area contributed by atoms with Gasteiger partial charge in [-0.15, -0.1) is 0 Å². The number of ether oxygens (including phenoxy) is 1. The molecule has 1 saturated heterocycles. The first kappa shape index (κ1) is 11.7. The Morgan fingerprint density at radius 2 is 2.41 bits per heavy atom. The molecule has 0 radical (unpaired) electrons. The van der Waals surface area contributed by atoms with E-state index < -0.39 is 0 Å². The summed E-state index contributed by atoms with van der Waals surface area (Å²) in [7, 11) is 0. The first-order chi connectivity index (χ1) is 8.29. The lowest BCUT2D eigenvalue weighted by atomic mass is 10.0. The van der Waals surface area contributed by atoms with Gasteiger partial charge in [0.1, 0.15) is 6.07 Å². The van der Waals surface area contributed by atoms with Crippen LogP contribution in [-0.2, 0) is 4.74 Å². The minimum Gasteiger partial charge on any atom is -0.398 e. The SMILES string of the molecule is N#Cc1ccc(NCC2CCCOC2)cc1N. The number of nitrogen functional groups attached to an aromatic ring is 1. The van der Waals surface area contributed by atoms with Crippen molar-refractivity contribution in [3.63, 3.8) is 0 Å². The molecule has 0 amide bonds. The summed E-state index contributed by atoms with van der Waals surface area (Å²) in [4.78, 5) is 0. The largest absolute Gasteiger partial charge is 0.398 e. The Balaban J connectivity index is 1.90. The first-order valence-electron chi connectivity index (χ1n) is 5.91. The Bertz CT molecular complexity index is 419. The molecule has 0 aromatic heterocycles. The molecule has 0 spiro atoms. The van der Waals surface area contributed by atoms with E-state index in [4.69, 9.17) is 15.7 Å². The molecule has 2 rings (SSSR count). The van der Waals surface area contributed by atoms with Crippen molar-refractivity contribution in [2.45, 2.75) is 12.8 Å². The quantitative estimate of drug-likeness (QED) is 0.780. The number of rotatable bonds is 3. The average Bonchev–Trinajstić information content (AvgIpc) is 2.38. The number of anilines is 2. The molecule has 0 bridgehead atoms. The van der Waals surface area contributed by atoms with Crippen LogP contribution >= 0.6 is 0 Å². The van der Waals surface area contributed by atoms with Crippen molar-refractivity contribution < 1.29 is 4.74 Å². The van der Waals surface area contributed by atoms with Crippen molar-refractivity contribution in [2.24, 2.45) is 5.92 Å². The van der Waals surface area contributed by atoms with E-state index in [1.807, 2.05) is 12.1 Å². The molecule has 1 aromatic rings. The van der Waals surface area contributed by atoms with Crippen LogP contribution in [0.25, 0.3) is 0 Å². The molecule has 1 aliphatic rings. The van der Waals surface area contributed by atoms with Gasteiger partial charge in [-0.25, -0.2) is 0 Å². The second-order valence-corrected chi connectivity index (χ2v) is 4.38. The predicted molar refractivity (Wildman–Crippen MR) is 67.6 cm³/mol. The highest BCUT2D eigenvalue weighted by molar-refractivity contribution is 5.62. The van der Waals surface area contributed by atoms with Crippen molar-refractivity contribution in [2.75, 3.05) is 30.8 Å². The second-order valence-electron chi connectivity index (χ2n) is 4.38. The van der Waals surface area contributed by atoms with Crippen LogP contribution in [-0.4, -0.2) is 19.8 Å². The molecule has 1 atom stereocenters. The van der Waals surface area contributed by atoms with Gasteiger partial charge in [0.25, 0.3) is 0 Å². The fourth-order valence-electron chi connectivity index (χ4n) is 2.01. The summed E-state index contributed by atoms with van der Waals surface area (Å²) in [6.45, 7) is 2.62. The molecule has 1 fully saturated rings. The summed E-state index contributed by atoms with van der Waals surface area (Å²) in [6, 6.07) is 7.50. The third kappa shape index (κ3) is 3.11. The van der Waals surface area contributed by atoms with Crippen molar-refractivity contribution in [3.8, 4) is 6.07 Å². The standard InChI is InChI=1S/C13H17N3O/c14-7-11-3-4-12(6-13(11)15)16-8-10-2-1-5-17-9-10/h3-4,6,10,16H,1-2,5,8-9,15H2. The van der Waals surface area contributed by atoms with E-state index in [0.29, 0.717) is 17.2 Å². The van der Waals surface area contributed by atoms with Crippen LogP contribution in [0.15, 0.2) is 18.2 Å². The van der Waals surface area contributed by atoms with Crippen LogP contribution in [0.2, 0.25) is 0 Å². The zero-order chi connectivity index (χ0) is 12.1. The van der Waals surface area contributed by atoms with Gasteiger partial charge in [-0.2, -0.15) is 5.26 Å². The fraction of sp³-hybridized carbons (Fsp3) is 0.462. The second kappa shape index (κ2) is 5.55. The van der Waals surface area contributed by atoms with Crippen molar-refractivity contribution in [3.05, 3.63) is 23.8 Å². The van der Waals surface area contributed by atoms with E-state index in [1.165, 1.54) is 6.42 Å². The summed E-state index contributed by atoms with van der Waals surface area (Å²) < 4.78 is 5.42. The first-order valence-corrected chi connectivity index (χ1v) is 5.91. The molecule has 17 heavy (non-hydrogen) atoms. The molecule has 3 N–H and O–H groups in total. The van der Waals surface area contributed by atoms with Crippen molar-refractivity contribution in [1.82, 2.24) is 0 Å². The minimum atomic E-state index is 0.525. The lowest BCUT2D eigenvalue weighted by molar-refractivity contribution is 0.0595. The Hall–Kier alpha value is -1.73. The van der Waals surface area contributed by atoms with E-state index in [2.05, 4.69) is 11.4 Å². The van der Waals surface area contributed by atoms with E-state index >= 15 is 0 Å². The highest BCUT2D eigenvalue weighted by Gasteiger charge is 2.13. The Morgan fingerprint density at radius 1 is 1.53 bits per heavy atom. The molecule has 1 aromatic carbocycles.